The molecule has 0 atom stereocenters. The Kier molecular flexibility index (Phi) is 3.51. The summed E-state index contributed by atoms with van der Waals surface area (Å²) in [6, 6.07) is 1.34. The predicted octanol–water partition coefficient (Wildman–Crippen LogP) is 1.43. The monoisotopic (exact) mass is 275 g/mol. The summed E-state index contributed by atoms with van der Waals surface area (Å²) in [5.74, 6) is -0.410. The molecule has 7 heteroatoms. The van der Waals surface area contributed by atoms with Crippen LogP contribution in [-0.4, -0.2) is 33.4 Å². The molecule has 1 saturated carbocycles. The maximum Gasteiger partial charge on any atom is 0.254 e. The summed E-state index contributed by atoms with van der Waals surface area (Å²) in [4.78, 5) is 11.8. The highest BCUT2D eigenvalue weighted by Gasteiger charge is 2.34. The Balaban J connectivity index is 2.01. The van der Waals surface area contributed by atoms with Crippen molar-refractivity contribution >= 4 is 29.1 Å². The Hall–Kier alpha value is -0.910. The molecule has 92 valence electrons. The topological polar surface area (TPSA) is 75.1 Å². The van der Waals surface area contributed by atoms with Crippen molar-refractivity contribution in [3.8, 4) is 0 Å². The van der Waals surface area contributed by atoms with Gasteiger partial charge in [-0.15, -0.1) is 10.2 Å². The average Bonchev–Trinajstić information content (AvgIpc) is 2.26. The molecule has 1 aromatic rings. The molecule has 1 aromatic heterocycles. The zero-order valence-electron chi connectivity index (χ0n) is 8.91. The zero-order valence-corrected chi connectivity index (χ0v) is 10.4. The number of nitrogens with zero attached hydrogens (tertiary/aromatic N) is 2. The van der Waals surface area contributed by atoms with Crippen molar-refractivity contribution in [1.29, 1.82) is 0 Å². The molecule has 1 aliphatic carbocycles. The maximum absolute atomic E-state index is 11.8. The molecule has 2 rings (SSSR count). The van der Waals surface area contributed by atoms with Gasteiger partial charge >= 0.3 is 0 Å². The molecule has 0 unspecified atom stereocenters. The first kappa shape index (κ1) is 12.5. The third-order valence-corrected chi connectivity index (χ3v) is 3.29. The molecule has 1 fully saturated rings. The molecule has 0 bridgehead atoms. The van der Waals surface area contributed by atoms with Crippen molar-refractivity contribution in [2.45, 2.75) is 24.9 Å². The number of hydrogen-bond acceptors (Lipinski definition) is 4. The van der Waals surface area contributed by atoms with E-state index >= 15 is 0 Å². The van der Waals surface area contributed by atoms with Crippen LogP contribution < -0.4 is 5.32 Å². The summed E-state index contributed by atoms with van der Waals surface area (Å²) < 4.78 is 0. The summed E-state index contributed by atoms with van der Waals surface area (Å²) in [5, 5.41) is 19.6. The van der Waals surface area contributed by atoms with Crippen LogP contribution in [0.3, 0.4) is 0 Å². The van der Waals surface area contributed by atoms with E-state index < -0.39 is 11.5 Å². The molecule has 17 heavy (non-hydrogen) atoms. The van der Waals surface area contributed by atoms with Crippen molar-refractivity contribution in [3.63, 3.8) is 0 Å². The molecule has 1 aliphatic rings. The lowest BCUT2D eigenvalue weighted by Crippen LogP contribution is -2.47. The number of amides is 1. The lowest BCUT2D eigenvalue weighted by atomic mass is 9.80. The number of carbonyl (C=O) groups is 1. The van der Waals surface area contributed by atoms with Crippen LogP contribution >= 0.6 is 23.2 Å². The molecule has 0 saturated heterocycles. The minimum atomic E-state index is -0.771. The summed E-state index contributed by atoms with van der Waals surface area (Å²) in [6.45, 7) is 0.210. The van der Waals surface area contributed by atoms with Crippen LogP contribution in [0.15, 0.2) is 6.07 Å². The van der Waals surface area contributed by atoms with E-state index in [1.807, 2.05) is 0 Å². The summed E-state index contributed by atoms with van der Waals surface area (Å²) in [6.07, 6.45) is 2.39. The van der Waals surface area contributed by atoms with Gasteiger partial charge in [0.05, 0.1) is 11.2 Å². The number of aromatic nitrogens is 2. The molecule has 1 heterocycles. The average molecular weight is 276 g/mol. The molecule has 5 nitrogen and oxygen atoms in total. The third kappa shape index (κ3) is 2.86. The van der Waals surface area contributed by atoms with Crippen molar-refractivity contribution in [3.05, 3.63) is 21.9 Å². The maximum atomic E-state index is 11.8. The second kappa shape index (κ2) is 4.76. The highest BCUT2D eigenvalue weighted by atomic mass is 35.5. The van der Waals surface area contributed by atoms with Gasteiger partial charge in [0.25, 0.3) is 5.91 Å². The van der Waals surface area contributed by atoms with Crippen LogP contribution in [0.1, 0.15) is 29.6 Å². The van der Waals surface area contributed by atoms with E-state index in [0.717, 1.165) is 6.42 Å². The second-order valence-electron chi connectivity index (χ2n) is 4.13. The molecule has 0 radical (unpaired) electrons. The molecule has 2 N–H and O–H groups in total. The minimum Gasteiger partial charge on any atom is -0.388 e. The van der Waals surface area contributed by atoms with Gasteiger partial charge in [0, 0.05) is 6.54 Å². The van der Waals surface area contributed by atoms with Gasteiger partial charge in [-0.05, 0) is 25.3 Å². The van der Waals surface area contributed by atoms with Gasteiger partial charge in [0.2, 0.25) is 0 Å². The van der Waals surface area contributed by atoms with Crippen molar-refractivity contribution < 1.29 is 9.90 Å². The Bertz CT molecular complexity index is 449. The highest BCUT2D eigenvalue weighted by molar-refractivity contribution is 6.34. The van der Waals surface area contributed by atoms with Crippen molar-refractivity contribution in [1.82, 2.24) is 15.5 Å². The fourth-order valence-electron chi connectivity index (χ4n) is 1.61. The van der Waals surface area contributed by atoms with E-state index in [1.54, 1.807) is 0 Å². The van der Waals surface area contributed by atoms with E-state index in [9.17, 15) is 9.90 Å². The largest absolute Gasteiger partial charge is 0.388 e. The quantitative estimate of drug-likeness (QED) is 0.875. The van der Waals surface area contributed by atoms with Gasteiger partial charge in [0.15, 0.2) is 10.3 Å². The number of halogens is 2. The van der Waals surface area contributed by atoms with Crippen LogP contribution in [0.25, 0.3) is 0 Å². The lowest BCUT2D eigenvalue weighted by Gasteiger charge is -2.36. The number of rotatable bonds is 3. The van der Waals surface area contributed by atoms with E-state index in [-0.39, 0.29) is 22.4 Å². The fraction of sp³-hybridized carbons (Fsp3) is 0.500. The smallest absolute Gasteiger partial charge is 0.254 e. The second-order valence-corrected chi connectivity index (χ2v) is 4.88. The number of hydrogen-bond donors (Lipinski definition) is 2. The van der Waals surface area contributed by atoms with Gasteiger partial charge in [-0.25, -0.2) is 0 Å². The van der Waals surface area contributed by atoms with Gasteiger partial charge in [-0.2, -0.15) is 0 Å². The molecule has 1 amide bonds. The van der Waals surface area contributed by atoms with E-state index in [1.165, 1.54) is 6.07 Å². The van der Waals surface area contributed by atoms with Crippen LogP contribution in [0.5, 0.6) is 0 Å². The van der Waals surface area contributed by atoms with E-state index in [4.69, 9.17) is 23.2 Å². The Labute approximate surface area is 108 Å². The first-order chi connectivity index (χ1) is 8.00. The number of carbonyl (C=O) groups excluding carboxylic acids is 1. The predicted molar refractivity (Wildman–Crippen MR) is 63.2 cm³/mol. The van der Waals surface area contributed by atoms with Crippen LogP contribution in [0.4, 0.5) is 0 Å². The molecular weight excluding hydrogens is 265 g/mol. The normalized spacial score (nSPS) is 17.4. The first-order valence-corrected chi connectivity index (χ1v) is 5.95. The SMILES string of the molecule is O=C(NCC1(O)CCC1)c1cc(Cl)nnc1Cl. The van der Waals surface area contributed by atoms with Crippen molar-refractivity contribution in [2.24, 2.45) is 0 Å². The van der Waals surface area contributed by atoms with Crippen LogP contribution in [0.2, 0.25) is 10.3 Å². The Morgan fingerprint density at radius 3 is 2.76 bits per heavy atom. The van der Waals surface area contributed by atoms with Gasteiger partial charge in [0.1, 0.15) is 0 Å². The van der Waals surface area contributed by atoms with E-state index in [0.29, 0.717) is 12.8 Å². The summed E-state index contributed by atoms with van der Waals surface area (Å²) in [7, 11) is 0. The van der Waals surface area contributed by atoms with Gasteiger partial charge in [-0.3, -0.25) is 4.79 Å². The zero-order chi connectivity index (χ0) is 12.5. The first-order valence-electron chi connectivity index (χ1n) is 5.19. The summed E-state index contributed by atoms with van der Waals surface area (Å²) in [5.41, 5.74) is -0.610. The van der Waals surface area contributed by atoms with Crippen molar-refractivity contribution in [2.75, 3.05) is 6.54 Å². The van der Waals surface area contributed by atoms with Gasteiger partial charge in [-0.1, -0.05) is 23.2 Å². The lowest BCUT2D eigenvalue weighted by molar-refractivity contribution is -0.0300. The Morgan fingerprint density at radius 2 is 2.18 bits per heavy atom. The Morgan fingerprint density at radius 1 is 1.47 bits per heavy atom. The van der Waals surface area contributed by atoms with E-state index in [2.05, 4.69) is 15.5 Å². The third-order valence-electron chi connectivity index (χ3n) is 2.83. The number of nitrogens with one attached hydrogen (secondary N) is 1. The highest BCUT2D eigenvalue weighted by Crippen LogP contribution is 2.30. The minimum absolute atomic E-state index is 0.00695. The van der Waals surface area contributed by atoms with Crippen LogP contribution in [0, 0.1) is 0 Å². The summed E-state index contributed by atoms with van der Waals surface area (Å²) >= 11 is 11.4. The fourth-order valence-corrected chi connectivity index (χ4v) is 1.94. The molecular formula is C10H11Cl2N3O2. The standard InChI is InChI=1S/C10H11Cl2N3O2/c11-7-4-6(8(12)15-14-7)9(16)13-5-10(17)2-1-3-10/h4,17H,1-3,5H2,(H,13,16). The van der Waals surface area contributed by atoms with Gasteiger partial charge < -0.3 is 10.4 Å². The molecule has 0 spiro atoms. The number of aliphatic hydroxyl groups is 1. The molecule has 0 aliphatic heterocycles. The molecule has 0 aromatic carbocycles. The van der Waals surface area contributed by atoms with Crippen LogP contribution in [-0.2, 0) is 0 Å².